The number of halogens is 3. The fourth-order valence-electron chi connectivity index (χ4n) is 4.05. The second-order valence-electron chi connectivity index (χ2n) is 8.60. The lowest BCUT2D eigenvalue weighted by Crippen LogP contribution is -2.33. The number of imidazole rings is 1. The quantitative estimate of drug-likeness (QED) is 0.371. The first-order valence-corrected chi connectivity index (χ1v) is 10.9. The number of alkyl halides is 2. The number of hydrogen-bond donors (Lipinski definition) is 2. The zero-order valence-corrected chi connectivity index (χ0v) is 18.7. The summed E-state index contributed by atoms with van der Waals surface area (Å²) in [5, 5.41) is 13.3. The van der Waals surface area contributed by atoms with Gasteiger partial charge in [0.15, 0.2) is 5.82 Å². The van der Waals surface area contributed by atoms with Crippen molar-refractivity contribution in [3.8, 4) is 22.8 Å². The molecule has 1 amide bonds. The van der Waals surface area contributed by atoms with Gasteiger partial charge in [-0.05, 0) is 37.3 Å². The number of anilines is 1. The van der Waals surface area contributed by atoms with Crippen LogP contribution in [0, 0.1) is 12.7 Å². The third-order valence-electron chi connectivity index (χ3n) is 5.95. The standard InChI is InChI=1S/C23H17F3N8O2/c1-11-28-19(32-31-11)13-3-5-18-27-9-17(34(18)10-13)21(35)29-16-6-12(2-4-15(16)24)20-30-22(36-33-20)14-7-23(25,26)8-14/h2-6,9-10,14H,7-8H2,1H3,(H,29,35)(H,28,31,32). The van der Waals surface area contributed by atoms with Crippen molar-refractivity contribution in [1.29, 1.82) is 0 Å². The number of pyridine rings is 1. The number of nitrogens with zero attached hydrogens (tertiary/aromatic N) is 6. The van der Waals surface area contributed by atoms with Crippen LogP contribution in [0.25, 0.3) is 28.4 Å². The molecule has 0 atom stereocenters. The molecule has 1 saturated carbocycles. The molecule has 0 radical (unpaired) electrons. The number of H-pyrrole nitrogens is 1. The average molecular weight is 494 g/mol. The van der Waals surface area contributed by atoms with Gasteiger partial charge < -0.3 is 9.84 Å². The van der Waals surface area contributed by atoms with Crippen LogP contribution in [-0.4, -0.2) is 46.5 Å². The van der Waals surface area contributed by atoms with E-state index in [0.717, 1.165) is 6.07 Å². The molecule has 1 aliphatic rings. The summed E-state index contributed by atoms with van der Waals surface area (Å²) >= 11 is 0. The van der Waals surface area contributed by atoms with E-state index in [-0.39, 0.29) is 35.9 Å². The lowest BCUT2D eigenvalue weighted by Gasteiger charge is -2.31. The van der Waals surface area contributed by atoms with E-state index >= 15 is 0 Å². The zero-order valence-electron chi connectivity index (χ0n) is 18.7. The number of benzene rings is 1. The number of amides is 1. The Morgan fingerprint density at radius 3 is 2.72 bits per heavy atom. The first kappa shape index (κ1) is 21.9. The molecule has 1 fully saturated rings. The summed E-state index contributed by atoms with van der Waals surface area (Å²) in [7, 11) is 0. The average Bonchev–Trinajstić information content (AvgIpc) is 3.58. The van der Waals surface area contributed by atoms with E-state index in [4.69, 9.17) is 4.52 Å². The van der Waals surface area contributed by atoms with Crippen LogP contribution >= 0.6 is 0 Å². The topological polar surface area (TPSA) is 127 Å². The number of nitrogens with one attached hydrogen (secondary N) is 2. The molecule has 4 heterocycles. The van der Waals surface area contributed by atoms with E-state index in [9.17, 15) is 18.0 Å². The van der Waals surface area contributed by atoms with Gasteiger partial charge in [-0.3, -0.25) is 14.3 Å². The number of aromatic amines is 1. The molecular formula is C23H17F3N8O2. The zero-order chi connectivity index (χ0) is 25.0. The Morgan fingerprint density at radius 2 is 1.97 bits per heavy atom. The number of fused-ring (bicyclic) bond motifs is 1. The molecule has 4 aromatic heterocycles. The highest BCUT2D eigenvalue weighted by atomic mass is 19.3. The van der Waals surface area contributed by atoms with Gasteiger partial charge in [-0.15, -0.1) is 0 Å². The van der Waals surface area contributed by atoms with Crippen molar-refractivity contribution in [2.45, 2.75) is 31.6 Å². The number of aryl methyl sites for hydroxylation is 1. The molecule has 0 bridgehead atoms. The molecule has 0 spiro atoms. The van der Waals surface area contributed by atoms with Crippen LogP contribution in [0.5, 0.6) is 0 Å². The smallest absolute Gasteiger partial charge is 0.274 e. The van der Waals surface area contributed by atoms with Gasteiger partial charge in [-0.25, -0.2) is 23.1 Å². The summed E-state index contributed by atoms with van der Waals surface area (Å²) in [6, 6.07) is 7.40. The lowest BCUT2D eigenvalue weighted by atomic mass is 9.81. The van der Waals surface area contributed by atoms with Crippen molar-refractivity contribution in [3.63, 3.8) is 0 Å². The minimum absolute atomic E-state index is 0.106. The summed E-state index contributed by atoms with van der Waals surface area (Å²) in [4.78, 5) is 25.7. The highest BCUT2D eigenvalue weighted by Crippen LogP contribution is 2.48. The molecule has 2 N–H and O–H groups in total. The van der Waals surface area contributed by atoms with Gasteiger partial charge in [0.1, 0.15) is 23.0 Å². The molecule has 36 heavy (non-hydrogen) atoms. The summed E-state index contributed by atoms with van der Waals surface area (Å²) in [5.41, 5.74) is 1.56. The highest BCUT2D eigenvalue weighted by Gasteiger charge is 2.48. The maximum Gasteiger partial charge on any atom is 0.274 e. The number of carbonyl (C=O) groups is 1. The summed E-state index contributed by atoms with van der Waals surface area (Å²) in [5.74, 6) is -3.21. The number of rotatable bonds is 5. The normalized spacial score (nSPS) is 15.2. The molecule has 1 aliphatic carbocycles. The first-order chi connectivity index (χ1) is 17.3. The molecule has 6 rings (SSSR count). The van der Waals surface area contributed by atoms with E-state index in [1.807, 2.05) is 0 Å². The Labute approximate surface area is 200 Å². The van der Waals surface area contributed by atoms with Crippen molar-refractivity contribution in [3.05, 3.63) is 66.0 Å². The molecule has 0 saturated heterocycles. The Balaban J connectivity index is 1.26. The molecule has 0 unspecified atom stereocenters. The summed E-state index contributed by atoms with van der Waals surface area (Å²) in [6.45, 7) is 1.77. The number of carbonyl (C=O) groups excluding carboxylic acids is 1. The Hall–Kier alpha value is -4.55. The van der Waals surface area contributed by atoms with E-state index in [2.05, 4.69) is 35.6 Å². The Kier molecular flexibility index (Phi) is 4.88. The summed E-state index contributed by atoms with van der Waals surface area (Å²) < 4.78 is 47.6. The summed E-state index contributed by atoms with van der Waals surface area (Å²) in [6.07, 6.45) is 2.34. The van der Waals surface area contributed by atoms with Gasteiger partial charge in [-0.1, -0.05) is 5.16 Å². The fraction of sp³-hybridized carbons (Fsp3) is 0.217. The van der Waals surface area contributed by atoms with Gasteiger partial charge in [0.25, 0.3) is 5.91 Å². The van der Waals surface area contributed by atoms with E-state index in [0.29, 0.717) is 28.4 Å². The van der Waals surface area contributed by atoms with Gasteiger partial charge >= 0.3 is 0 Å². The molecule has 13 heteroatoms. The van der Waals surface area contributed by atoms with Crippen molar-refractivity contribution in [2.24, 2.45) is 0 Å². The van der Waals surface area contributed by atoms with Crippen molar-refractivity contribution < 1.29 is 22.5 Å². The van der Waals surface area contributed by atoms with Crippen LogP contribution < -0.4 is 5.32 Å². The van der Waals surface area contributed by atoms with Crippen molar-refractivity contribution >= 4 is 17.2 Å². The molecule has 0 aliphatic heterocycles. The number of hydrogen-bond acceptors (Lipinski definition) is 7. The van der Waals surface area contributed by atoms with Gasteiger partial charge in [0.05, 0.1) is 11.9 Å². The van der Waals surface area contributed by atoms with Crippen LogP contribution in [0.4, 0.5) is 18.9 Å². The third-order valence-corrected chi connectivity index (χ3v) is 5.95. The van der Waals surface area contributed by atoms with Crippen molar-refractivity contribution in [2.75, 3.05) is 5.32 Å². The number of aromatic nitrogens is 7. The van der Waals surface area contributed by atoms with E-state index in [1.165, 1.54) is 18.3 Å². The predicted molar refractivity (Wildman–Crippen MR) is 120 cm³/mol. The molecule has 1 aromatic carbocycles. The van der Waals surface area contributed by atoms with E-state index in [1.54, 1.807) is 29.7 Å². The first-order valence-electron chi connectivity index (χ1n) is 10.9. The van der Waals surface area contributed by atoms with Crippen LogP contribution in [0.3, 0.4) is 0 Å². The highest BCUT2D eigenvalue weighted by molar-refractivity contribution is 6.03. The molecule has 5 aromatic rings. The maximum atomic E-state index is 14.6. The largest absolute Gasteiger partial charge is 0.339 e. The third kappa shape index (κ3) is 3.87. The van der Waals surface area contributed by atoms with Gasteiger partial charge in [-0.2, -0.15) is 10.1 Å². The monoisotopic (exact) mass is 494 g/mol. The Bertz CT molecular complexity index is 1610. The van der Waals surface area contributed by atoms with Crippen LogP contribution in [0.15, 0.2) is 47.2 Å². The van der Waals surface area contributed by atoms with Crippen LogP contribution in [-0.2, 0) is 0 Å². The van der Waals surface area contributed by atoms with Gasteiger partial charge in [0, 0.05) is 36.1 Å². The minimum Gasteiger partial charge on any atom is -0.339 e. The molecular weight excluding hydrogens is 477 g/mol. The second kappa shape index (κ2) is 8.00. The SMILES string of the molecule is Cc1nc(-c2ccc3ncc(C(=O)Nc4cc(-c5noc(C6CC(F)(F)C6)n5)ccc4F)n3c2)n[nH]1. The molecule has 10 nitrogen and oxygen atoms in total. The van der Waals surface area contributed by atoms with E-state index < -0.39 is 23.6 Å². The lowest BCUT2D eigenvalue weighted by molar-refractivity contribution is -0.0925. The van der Waals surface area contributed by atoms with Crippen molar-refractivity contribution in [1.82, 2.24) is 34.7 Å². The predicted octanol–water partition coefficient (Wildman–Crippen LogP) is 4.38. The van der Waals surface area contributed by atoms with Crippen LogP contribution in [0.1, 0.15) is 41.0 Å². The molecule has 182 valence electrons. The Morgan fingerprint density at radius 1 is 1.17 bits per heavy atom. The minimum atomic E-state index is -2.72. The van der Waals surface area contributed by atoms with Crippen LogP contribution in [0.2, 0.25) is 0 Å². The van der Waals surface area contributed by atoms with Gasteiger partial charge in [0.2, 0.25) is 17.6 Å². The second-order valence-corrected chi connectivity index (χ2v) is 8.60. The fourth-order valence-corrected chi connectivity index (χ4v) is 4.05. The maximum absolute atomic E-state index is 14.6.